The fourth-order valence-corrected chi connectivity index (χ4v) is 2.38. The van der Waals surface area contributed by atoms with E-state index in [9.17, 15) is 9.59 Å². The predicted molar refractivity (Wildman–Crippen MR) is 104 cm³/mol. The maximum atomic E-state index is 12.0. The molecule has 0 fully saturated rings. The molecular weight excluding hydrogens is 358 g/mol. The zero-order valence-electron chi connectivity index (χ0n) is 15.0. The molecule has 0 unspecified atom stereocenters. The molecule has 0 spiro atoms. The number of ether oxygens (including phenoxy) is 1. The topological polar surface area (TPSA) is 107 Å². The Labute approximate surface area is 161 Å². The van der Waals surface area contributed by atoms with Gasteiger partial charge < -0.3 is 20.3 Å². The Morgan fingerprint density at radius 2 is 1.86 bits per heavy atom. The van der Waals surface area contributed by atoms with Crippen LogP contribution in [-0.2, 0) is 16.1 Å². The second-order valence-electron chi connectivity index (χ2n) is 5.92. The molecule has 2 aromatic carbocycles. The van der Waals surface area contributed by atoms with Crippen LogP contribution in [0.1, 0.15) is 11.3 Å². The van der Waals surface area contributed by atoms with Gasteiger partial charge in [-0.2, -0.15) is 0 Å². The molecule has 3 aromatic rings. The number of nitrogens with two attached hydrogens (primary N) is 1. The highest BCUT2D eigenvalue weighted by Gasteiger charge is 2.07. The molecular formula is C21H19N3O4. The third-order valence-corrected chi connectivity index (χ3v) is 3.75. The van der Waals surface area contributed by atoms with Gasteiger partial charge in [-0.3, -0.25) is 9.59 Å². The number of rotatable bonds is 8. The minimum absolute atomic E-state index is 0.175. The van der Waals surface area contributed by atoms with Gasteiger partial charge in [0, 0.05) is 17.7 Å². The van der Waals surface area contributed by atoms with Gasteiger partial charge in [-0.1, -0.05) is 47.6 Å². The second-order valence-corrected chi connectivity index (χ2v) is 5.92. The van der Waals surface area contributed by atoms with E-state index >= 15 is 0 Å². The minimum atomic E-state index is -0.539. The number of carbonyl (C=O) groups is 2. The SMILES string of the molecule is NC(=O)COc1ccc(/C=C/C(=O)NCc2cc(-c3ccccc3)no2)cc1. The van der Waals surface area contributed by atoms with E-state index in [1.807, 2.05) is 30.3 Å². The van der Waals surface area contributed by atoms with Crippen LogP contribution in [0.2, 0.25) is 0 Å². The number of hydrogen-bond acceptors (Lipinski definition) is 5. The molecule has 0 aliphatic heterocycles. The van der Waals surface area contributed by atoms with E-state index in [1.165, 1.54) is 6.08 Å². The van der Waals surface area contributed by atoms with Gasteiger partial charge in [-0.25, -0.2) is 0 Å². The number of benzene rings is 2. The number of primary amides is 1. The zero-order chi connectivity index (χ0) is 19.8. The highest BCUT2D eigenvalue weighted by atomic mass is 16.5. The Bertz CT molecular complexity index is 963. The first-order valence-electron chi connectivity index (χ1n) is 8.58. The molecule has 0 aliphatic rings. The van der Waals surface area contributed by atoms with Crippen molar-refractivity contribution >= 4 is 17.9 Å². The highest BCUT2D eigenvalue weighted by molar-refractivity contribution is 5.91. The Balaban J connectivity index is 1.49. The summed E-state index contributed by atoms with van der Waals surface area (Å²) in [5, 5.41) is 6.75. The van der Waals surface area contributed by atoms with Crippen LogP contribution in [0.25, 0.3) is 17.3 Å². The van der Waals surface area contributed by atoms with Crippen molar-refractivity contribution in [2.24, 2.45) is 5.73 Å². The van der Waals surface area contributed by atoms with E-state index in [1.54, 1.807) is 36.4 Å². The second kappa shape index (κ2) is 9.18. The maximum absolute atomic E-state index is 12.0. The molecule has 0 saturated carbocycles. The number of aromatic nitrogens is 1. The van der Waals surface area contributed by atoms with Crippen LogP contribution in [-0.4, -0.2) is 23.6 Å². The van der Waals surface area contributed by atoms with Crippen LogP contribution in [0.5, 0.6) is 5.75 Å². The van der Waals surface area contributed by atoms with Gasteiger partial charge in [0.2, 0.25) is 5.91 Å². The van der Waals surface area contributed by atoms with Crippen molar-refractivity contribution < 1.29 is 18.8 Å². The molecule has 0 atom stereocenters. The molecule has 0 aliphatic carbocycles. The van der Waals surface area contributed by atoms with E-state index in [2.05, 4.69) is 10.5 Å². The standard InChI is InChI=1S/C21H19N3O4/c22-20(25)14-27-17-9-6-15(7-10-17)8-11-21(26)23-13-18-12-19(24-28-18)16-4-2-1-3-5-16/h1-12H,13-14H2,(H2,22,25)(H,23,26)/b11-8+. The van der Waals surface area contributed by atoms with E-state index in [4.69, 9.17) is 15.0 Å². The first-order chi connectivity index (χ1) is 13.6. The van der Waals surface area contributed by atoms with E-state index in [0.29, 0.717) is 11.5 Å². The molecule has 7 nitrogen and oxygen atoms in total. The quantitative estimate of drug-likeness (QED) is 0.587. The van der Waals surface area contributed by atoms with E-state index in [-0.39, 0.29) is 19.1 Å². The predicted octanol–water partition coefficient (Wildman–Crippen LogP) is 2.54. The largest absolute Gasteiger partial charge is 0.484 e. The zero-order valence-corrected chi connectivity index (χ0v) is 15.0. The molecule has 7 heteroatoms. The Morgan fingerprint density at radius 3 is 2.57 bits per heavy atom. The molecule has 0 radical (unpaired) electrons. The fourth-order valence-electron chi connectivity index (χ4n) is 2.38. The van der Waals surface area contributed by atoms with Gasteiger partial charge in [0.25, 0.3) is 5.91 Å². The number of nitrogens with zero attached hydrogens (tertiary/aromatic N) is 1. The summed E-state index contributed by atoms with van der Waals surface area (Å²) in [6, 6.07) is 18.4. The fraction of sp³-hybridized carbons (Fsp3) is 0.0952. The van der Waals surface area contributed by atoms with Gasteiger partial charge in [0.15, 0.2) is 12.4 Å². The van der Waals surface area contributed by atoms with Crippen LogP contribution in [0, 0.1) is 0 Å². The molecule has 2 amide bonds. The third-order valence-electron chi connectivity index (χ3n) is 3.75. The van der Waals surface area contributed by atoms with Crippen LogP contribution in [0.4, 0.5) is 0 Å². The number of hydrogen-bond donors (Lipinski definition) is 2. The van der Waals surface area contributed by atoms with Gasteiger partial charge >= 0.3 is 0 Å². The summed E-state index contributed by atoms with van der Waals surface area (Å²) >= 11 is 0. The minimum Gasteiger partial charge on any atom is -0.484 e. The molecule has 0 bridgehead atoms. The monoisotopic (exact) mass is 377 g/mol. The lowest BCUT2D eigenvalue weighted by molar-refractivity contribution is -0.120. The van der Waals surface area contributed by atoms with Crippen molar-refractivity contribution in [1.82, 2.24) is 10.5 Å². The van der Waals surface area contributed by atoms with Gasteiger partial charge in [-0.05, 0) is 23.8 Å². The van der Waals surface area contributed by atoms with Crippen molar-refractivity contribution in [2.45, 2.75) is 6.54 Å². The maximum Gasteiger partial charge on any atom is 0.255 e. The van der Waals surface area contributed by atoms with Crippen LogP contribution >= 0.6 is 0 Å². The summed E-state index contributed by atoms with van der Waals surface area (Å²) < 4.78 is 10.4. The normalized spacial score (nSPS) is 10.7. The Morgan fingerprint density at radius 1 is 1.11 bits per heavy atom. The molecule has 28 heavy (non-hydrogen) atoms. The Hall–Kier alpha value is -3.87. The van der Waals surface area contributed by atoms with Crippen molar-refractivity contribution in [2.75, 3.05) is 6.61 Å². The van der Waals surface area contributed by atoms with Crippen LogP contribution in [0.3, 0.4) is 0 Å². The summed E-state index contributed by atoms with van der Waals surface area (Å²) in [4.78, 5) is 22.7. The summed E-state index contributed by atoms with van der Waals surface area (Å²) in [6.45, 7) is 0.0636. The number of amides is 2. The lowest BCUT2D eigenvalue weighted by Gasteiger charge is -2.03. The average Bonchev–Trinajstić information content (AvgIpc) is 3.20. The van der Waals surface area contributed by atoms with Crippen LogP contribution in [0.15, 0.2) is 71.3 Å². The first kappa shape index (κ1) is 18.9. The van der Waals surface area contributed by atoms with Crippen molar-refractivity contribution in [3.8, 4) is 17.0 Å². The van der Waals surface area contributed by atoms with Crippen LogP contribution < -0.4 is 15.8 Å². The van der Waals surface area contributed by atoms with E-state index in [0.717, 1.165) is 16.8 Å². The van der Waals surface area contributed by atoms with Crippen molar-refractivity contribution in [1.29, 1.82) is 0 Å². The van der Waals surface area contributed by atoms with Crippen molar-refractivity contribution in [3.63, 3.8) is 0 Å². The van der Waals surface area contributed by atoms with Gasteiger partial charge in [0.05, 0.1) is 6.54 Å². The first-order valence-corrected chi connectivity index (χ1v) is 8.58. The lowest BCUT2D eigenvalue weighted by Crippen LogP contribution is -2.20. The van der Waals surface area contributed by atoms with E-state index < -0.39 is 5.91 Å². The summed E-state index contributed by atoms with van der Waals surface area (Å²) in [6.07, 6.45) is 3.09. The summed E-state index contributed by atoms with van der Waals surface area (Å²) in [7, 11) is 0. The Kier molecular flexibility index (Phi) is 6.20. The summed E-state index contributed by atoms with van der Waals surface area (Å²) in [5.41, 5.74) is 7.51. The average molecular weight is 377 g/mol. The highest BCUT2D eigenvalue weighted by Crippen LogP contribution is 2.18. The molecule has 1 heterocycles. The van der Waals surface area contributed by atoms with Gasteiger partial charge in [0.1, 0.15) is 11.4 Å². The number of carbonyl (C=O) groups excluding carboxylic acids is 2. The molecule has 3 rings (SSSR count). The third kappa shape index (κ3) is 5.57. The summed E-state index contributed by atoms with van der Waals surface area (Å²) in [5.74, 6) is 0.298. The molecule has 3 N–H and O–H groups in total. The molecule has 142 valence electrons. The van der Waals surface area contributed by atoms with Gasteiger partial charge in [-0.15, -0.1) is 0 Å². The lowest BCUT2D eigenvalue weighted by atomic mass is 10.1. The van der Waals surface area contributed by atoms with Crippen molar-refractivity contribution in [3.05, 3.63) is 78.1 Å². The molecule has 1 aromatic heterocycles. The number of nitrogens with one attached hydrogen (secondary N) is 1. The smallest absolute Gasteiger partial charge is 0.255 e. The molecule has 0 saturated heterocycles.